The number of hydrogen-bond acceptors (Lipinski definition) is 7. The fourth-order valence-electron chi connectivity index (χ4n) is 3.07. The summed E-state index contributed by atoms with van der Waals surface area (Å²) >= 11 is 6.12. The maximum absolute atomic E-state index is 13.3. The Morgan fingerprint density at radius 3 is 2.29 bits per heavy atom. The van der Waals surface area contributed by atoms with Crippen LogP contribution in [0.5, 0.6) is 0 Å². The summed E-state index contributed by atoms with van der Waals surface area (Å²) < 4.78 is 32.4. The summed E-state index contributed by atoms with van der Waals surface area (Å²) in [6.07, 6.45) is 0. The zero-order valence-electron chi connectivity index (χ0n) is 18.4. The molecular weight excluding hydrogens is 498 g/mol. The molecule has 3 rings (SSSR count). The van der Waals surface area contributed by atoms with Crippen molar-refractivity contribution in [1.29, 1.82) is 0 Å². The van der Waals surface area contributed by atoms with Gasteiger partial charge in [-0.25, -0.2) is 13.2 Å². The van der Waals surface area contributed by atoms with Crippen LogP contribution in [0.4, 0.5) is 17.1 Å². The molecular formula is C23H20ClN3O7S. The number of amides is 1. The molecule has 3 aromatic carbocycles. The van der Waals surface area contributed by atoms with E-state index in [4.69, 9.17) is 16.3 Å². The van der Waals surface area contributed by atoms with E-state index in [-0.39, 0.29) is 39.2 Å². The van der Waals surface area contributed by atoms with Crippen molar-refractivity contribution >= 4 is 50.6 Å². The molecule has 1 amide bonds. The lowest BCUT2D eigenvalue weighted by Gasteiger charge is -2.24. The number of hydrogen-bond donors (Lipinski definition) is 1. The van der Waals surface area contributed by atoms with E-state index in [0.29, 0.717) is 0 Å². The monoisotopic (exact) mass is 517 g/mol. The second-order valence-corrected chi connectivity index (χ2v) is 9.33. The van der Waals surface area contributed by atoms with E-state index in [1.807, 2.05) is 0 Å². The van der Waals surface area contributed by atoms with Crippen LogP contribution in [-0.4, -0.2) is 38.4 Å². The zero-order chi connectivity index (χ0) is 25.6. The average Bonchev–Trinajstić information content (AvgIpc) is 2.83. The van der Waals surface area contributed by atoms with E-state index in [9.17, 15) is 28.1 Å². The van der Waals surface area contributed by atoms with Gasteiger partial charge in [0.25, 0.3) is 15.7 Å². The average molecular weight is 518 g/mol. The standard InChI is InChI=1S/C23H20ClN3O7S/c1-2-34-23(29)20-13-8-16(14-21(20)24)25-22(28)15-26(17-9-11-18(12-10-17)27(30)31)35(32,33)19-6-4-3-5-7-19/h3-14H,2,15H2,1H3,(H,25,28). The Kier molecular flexibility index (Phi) is 8.05. The van der Waals surface area contributed by atoms with Gasteiger partial charge in [0.2, 0.25) is 5.91 Å². The van der Waals surface area contributed by atoms with Crippen molar-refractivity contribution in [3.63, 3.8) is 0 Å². The molecule has 3 aromatic rings. The minimum Gasteiger partial charge on any atom is -0.462 e. The highest BCUT2D eigenvalue weighted by Gasteiger charge is 2.27. The second-order valence-electron chi connectivity index (χ2n) is 7.06. The molecule has 0 atom stereocenters. The minimum absolute atomic E-state index is 0.0467. The Hall–Kier alpha value is -3.96. The molecule has 0 aliphatic carbocycles. The molecule has 0 fully saturated rings. The molecule has 1 N–H and O–H groups in total. The molecule has 0 radical (unpaired) electrons. The van der Waals surface area contributed by atoms with Gasteiger partial charge in [-0.3, -0.25) is 19.2 Å². The molecule has 0 aliphatic rings. The lowest BCUT2D eigenvalue weighted by atomic mass is 10.2. The van der Waals surface area contributed by atoms with Crippen molar-refractivity contribution < 1.29 is 27.7 Å². The number of nitro benzene ring substituents is 1. The van der Waals surface area contributed by atoms with Crippen LogP contribution in [0.1, 0.15) is 17.3 Å². The van der Waals surface area contributed by atoms with Gasteiger partial charge in [-0.05, 0) is 49.4 Å². The van der Waals surface area contributed by atoms with E-state index in [2.05, 4.69) is 5.32 Å². The first kappa shape index (κ1) is 25.7. The van der Waals surface area contributed by atoms with Gasteiger partial charge in [0, 0.05) is 17.8 Å². The highest BCUT2D eigenvalue weighted by molar-refractivity contribution is 7.92. The van der Waals surface area contributed by atoms with Crippen LogP contribution in [0, 0.1) is 10.1 Å². The number of nitrogens with zero attached hydrogens (tertiary/aromatic N) is 2. The number of esters is 1. The third-order valence-electron chi connectivity index (χ3n) is 4.72. The summed E-state index contributed by atoms with van der Waals surface area (Å²) in [5.74, 6) is -1.32. The van der Waals surface area contributed by atoms with Gasteiger partial charge in [0.05, 0.1) is 32.7 Å². The molecule has 10 nitrogen and oxygen atoms in total. The first-order valence-corrected chi connectivity index (χ1v) is 12.0. The Morgan fingerprint density at radius 2 is 1.71 bits per heavy atom. The van der Waals surface area contributed by atoms with Gasteiger partial charge in [0.1, 0.15) is 6.54 Å². The molecule has 182 valence electrons. The third-order valence-corrected chi connectivity index (χ3v) is 6.82. The highest BCUT2D eigenvalue weighted by atomic mass is 35.5. The number of non-ortho nitro benzene ring substituents is 1. The smallest absolute Gasteiger partial charge is 0.339 e. The fourth-order valence-corrected chi connectivity index (χ4v) is 4.77. The number of benzene rings is 3. The number of anilines is 2. The van der Waals surface area contributed by atoms with Crippen LogP contribution in [-0.2, 0) is 19.6 Å². The summed E-state index contributed by atoms with van der Waals surface area (Å²) in [6.45, 7) is 1.19. The van der Waals surface area contributed by atoms with Crippen LogP contribution in [0.25, 0.3) is 0 Å². The summed E-state index contributed by atoms with van der Waals surface area (Å²) in [4.78, 5) is 35.0. The van der Waals surface area contributed by atoms with Gasteiger partial charge in [0.15, 0.2) is 0 Å². The van der Waals surface area contributed by atoms with Gasteiger partial charge in [-0.2, -0.15) is 0 Å². The molecule has 12 heteroatoms. The Morgan fingerprint density at radius 1 is 1.06 bits per heavy atom. The molecule has 0 heterocycles. The summed E-state index contributed by atoms with van der Waals surface area (Å²) in [7, 11) is -4.19. The molecule has 0 bridgehead atoms. The normalized spacial score (nSPS) is 10.9. The van der Waals surface area contributed by atoms with Gasteiger partial charge < -0.3 is 10.1 Å². The van der Waals surface area contributed by atoms with E-state index in [0.717, 1.165) is 16.4 Å². The lowest BCUT2D eigenvalue weighted by molar-refractivity contribution is -0.384. The Balaban J connectivity index is 1.89. The Labute approximate surface area is 206 Å². The van der Waals surface area contributed by atoms with Crippen molar-refractivity contribution in [2.24, 2.45) is 0 Å². The maximum atomic E-state index is 13.3. The predicted octanol–water partition coefficient (Wildman–Crippen LogP) is 4.26. The number of nitro groups is 1. The lowest BCUT2D eigenvalue weighted by Crippen LogP contribution is -2.38. The topological polar surface area (TPSA) is 136 Å². The quantitative estimate of drug-likeness (QED) is 0.254. The SMILES string of the molecule is CCOC(=O)c1ccc(NC(=O)CN(c2ccc([N+](=O)[O-])cc2)S(=O)(=O)c2ccccc2)cc1Cl. The molecule has 35 heavy (non-hydrogen) atoms. The van der Waals surface area contributed by atoms with Crippen LogP contribution < -0.4 is 9.62 Å². The Bertz CT molecular complexity index is 1350. The molecule has 0 saturated heterocycles. The number of carbonyl (C=O) groups is 2. The van der Waals surface area contributed by atoms with Gasteiger partial charge >= 0.3 is 5.97 Å². The molecule has 0 saturated carbocycles. The van der Waals surface area contributed by atoms with Gasteiger partial charge in [-0.1, -0.05) is 29.8 Å². The zero-order valence-corrected chi connectivity index (χ0v) is 20.0. The number of halogens is 1. The number of sulfonamides is 1. The van der Waals surface area contributed by atoms with Crippen LogP contribution in [0.3, 0.4) is 0 Å². The number of nitrogens with one attached hydrogen (secondary N) is 1. The fraction of sp³-hybridized carbons (Fsp3) is 0.130. The van der Waals surface area contributed by atoms with E-state index in [1.165, 1.54) is 54.6 Å². The van der Waals surface area contributed by atoms with E-state index >= 15 is 0 Å². The second kappa shape index (κ2) is 11.0. The first-order chi connectivity index (χ1) is 16.6. The van der Waals surface area contributed by atoms with Crippen molar-refractivity contribution in [3.05, 3.63) is 93.5 Å². The van der Waals surface area contributed by atoms with E-state index < -0.39 is 33.4 Å². The third kappa shape index (κ3) is 6.14. The van der Waals surface area contributed by atoms with Crippen molar-refractivity contribution in [2.75, 3.05) is 22.8 Å². The molecule has 0 aliphatic heterocycles. The van der Waals surface area contributed by atoms with Crippen LogP contribution in [0.15, 0.2) is 77.7 Å². The molecule has 0 spiro atoms. The minimum atomic E-state index is -4.19. The van der Waals surface area contributed by atoms with Crippen LogP contribution >= 0.6 is 11.6 Å². The van der Waals surface area contributed by atoms with Crippen LogP contribution in [0.2, 0.25) is 5.02 Å². The molecule has 0 unspecified atom stereocenters. The first-order valence-electron chi connectivity index (χ1n) is 10.2. The number of rotatable bonds is 9. The van der Waals surface area contributed by atoms with Gasteiger partial charge in [-0.15, -0.1) is 0 Å². The summed E-state index contributed by atoms with van der Waals surface area (Å²) in [5, 5.41) is 13.6. The highest BCUT2D eigenvalue weighted by Crippen LogP contribution is 2.26. The summed E-state index contributed by atoms with van der Waals surface area (Å²) in [6, 6.07) is 16.4. The maximum Gasteiger partial charge on any atom is 0.339 e. The van der Waals surface area contributed by atoms with E-state index in [1.54, 1.807) is 13.0 Å². The predicted molar refractivity (Wildman–Crippen MR) is 130 cm³/mol. The van der Waals surface area contributed by atoms with Crippen molar-refractivity contribution in [3.8, 4) is 0 Å². The largest absolute Gasteiger partial charge is 0.462 e. The van der Waals surface area contributed by atoms with Crippen molar-refractivity contribution in [1.82, 2.24) is 0 Å². The molecule has 0 aromatic heterocycles. The summed E-state index contributed by atoms with van der Waals surface area (Å²) in [5.41, 5.74) is 0.177. The number of ether oxygens (including phenoxy) is 1. The van der Waals surface area contributed by atoms with Crippen molar-refractivity contribution in [2.45, 2.75) is 11.8 Å². The number of carbonyl (C=O) groups excluding carboxylic acids is 2.